The van der Waals surface area contributed by atoms with E-state index in [4.69, 9.17) is 10.1 Å². The topological polar surface area (TPSA) is 72.8 Å². The molecule has 7 heteroatoms. The SMILES string of the molecule is CCCC1CCC(=Nn2c(-c3ccc([N+](=O)[O-])cc3)csc2=Nc2cc(C)ccc2C)CC1. The molecule has 1 saturated carbocycles. The Morgan fingerprint density at radius 3 is 2.52 bits per heavy atom. The molecule has 0 unspecified atom stereocenters. The average molecular weight is 463 g/mol. The van der Waals surface area contributed by atoms with Crippen molar-refractivity contribution in [3.63, 3.8) is 0 Å². The fourth-order valence-corrected chi connectivity index (χ4v) is 5.16. The molecule has 0 saturated heterocycles. The van der Waals surface area contributed by atoms with Crippen molar-refractivity contribution in [2.75, 3.05) is 0 Å². The maximum Gasteiger partial charge on any atom is 0.269 e. The summed E-state index contributed by atoms with van der Waals surface area (Å²) in [5.41, 5.74) is 6.30. The maximum absolute atomic E-state index is 11.1. The van der Waals surface area contributed by atoms with Crippen LogP contribution in [-0.2, 0) is 0 Å². The summed E-state index contributed by atoms with van der Waals surface area (Å²) < 4.78 is 1.93. The molecule has 1 aliphatic carbocycles. The lowest BCUT2D eigenvalue weighted by atomic mass is 9.85. The number of thiazole rings is 1. The first-order chi connectivity index (χ1) is 15.9. The third-order valence-corrected chi connectivity index (χ3v) is 7.08. The van der Waals surface area contributed by atoms with Crippen LogP contribution in [0, 0.1) is 29.9 Å². The molecule has 0 bridgehead atoms. The van der Waals surface area contributed by atoms with E-state index in [0.29, 0.717) is 0 Å². The van der Waals surface area contributed by atoms with Crippen molar-refractivity contribution in [1.29, 1.82) is 0 Å². The number of hydrogen-bond donors (Lipinski definition) is 0. The predicted molar refractivity (Wildman–Crippen MR) is 135 cm³/mol. The van der Waals surface area contributed by atoms with Crippen molar-refractivity contribution in [2.24, 2.45) is 16.0 Å². The second-order valence-corrected chi connectivity index (χ2v) is 9.66. The molecule has 0 N–H and O–H groups in total. The van der Waals surface area contributed by atoms with Crippen LogP contribution in [0.4, 0.5) is 11.4 Å². The third-order valence-electron chi connectivity index (χ3n) is 6.26. The van der Waals surface area contributed by atoms with Gasteiger partial charge in [-0.15, -0.1) is 11.3 Å². The number of benzene rings is 2. The molecule has 0 radical (unpaired) electrons. The summed E-state index contributed by atoms with van der Waals surface area (Å²) in [6.07, 6.45) is 6.92. The molecule has 6 nitrogen and oxygen atoms in total. The number of nitrogens with zero attached hydrogens (tertiary/aromatic N) is 4. The summed E-state index contributed by atoms with van der Waals surface area (Å²) in [5.74, 6) is 0.801. The van der Waals surface area contributed by atoms with Crippen LogP contribution < -0.4 is 4.80 Å². The van der Waals surface area contributed by atoms with Crippen LogP contribution in [0.15, 0.2) is 57.9 Å². The summed E-state index contributed by atoms with van der Waals surface area (Å²) >= 11 is 1.54. The van der Waals surface area contributed by atoms with Crippen LogP contribution in [0.25, 0.3) is 11.3 Å². The minimum atomic E-state index is -0.373. The minimum Gasteiger partial charge on any atom is -0.258 e. The molecule has 4 rings (SSSR count). The number of aromatic nitrogens is 1. The van der Waals surface area contributed by atoms with Gasteiger partial charge in [-0.05, 0) is 74.8 Å². The highest BCUT2D eigenvalue weighted by Crippen LogP contribution is 2.28. The lowest BCUT2D eigenvalue weighted by molar-refractivity contribution is -0.384. The lowest BCUT2D eigenvalue weighted by Crippen LogP contribution is -2.19. The monoisotopic (exact) mass is 462 g/mol. The Morgan fingerprint density at radius 1 is 1.12 bits per heavy atom. The second-order valence-electron chi connectivity index (χ2n) is 8.82. The Labute approximate surface area is 198 Å². The van der Waals surface area contributed by atoms with Gasteiger partial charge >= 0.3 is 0 Å². The maximum atomic E-state index is 11.1. The minimum absolute atomic E-state index is 0.0846. The summed E-state index contributed by atoms with van der Waals surface area (Å²) in [6, 6.07) is 12.9. The summed E-state index contributed by atoms with van der Waals surface area (Å²) in [6.45, 7) is 6.38. The zero-order valence-corrected chi connectivity index (χ0v) is 20.3. The highest BCUT2D eigenvalue weighted by Gasteiger charge is 2.18. The Bertz CT molecular complexity index is 1230. The smallest absolute Gasteiger partial charge is 0.258 e. The molecule has 172 valence electrons. The molecule has 1 aliphatic rings. The zero-order chi connectivity index (χ0) is 23.4. The van der Waals surface area contributed by atoms with Crippen LogP contribution in [0.2, 0.25) is 0 Å². The number of aryl methyl sites for hydroxylation is 2. The number of rotatable bonds is 6. The fraction of sp³-hybridized carbons (Fsp3) is 0.385. The van der Waals surface area contributed by atoms with E-state index in [1.54, 1.807) is 35.6 Å². The van der Waals surface area contributed by atoms with E-state index in [1.165, 1.54) is 37.0 Å². The van der Waals surface area contributed by atoms with E-state index in [1.807, 2.05) is 10.1 Å². The van der Waals surface area contributed by atoms with Gasteiger partial charge in [0.15, 0.2) is 0 Å². The van der Waals surface area contributed by atoms with E-state index >= 15 is 0 Å². The van der Waals surface area contributed by atoms with Gasteiger partial charge in [0.25, 0.3) is 5.69 Å². The summed E-state index contributed by atoms with van der Waals surface area (Å²) in [7, 11) is 0. The fourth-order valence-electron chi connectivity index (χ4n) is 4.32. The molecule has 3 aromatic rings. The molecule has 0 aliphatic heterocycles. The molecular formula is C26H30N4O2S. The molecule has 1 aromatic heterocycles. The average Bonchev–Trinajstić information content (AvgIpc) is 3.20. The Hall–Kier alpha value is -3.06. The van der Waals surface area contributed by atoms with Crippen molar-refractivity contribution in [3.05, 3.63) is 73.9 Å². The lowest BCUT2D eigenvalue weighted by Gasteiger charge is -2.22. The normalized spacial score (nSPS) is 16.8. The van der Waals surface area contributed by atoms with Gasteiger partial charge in [0, 0.05) is 28.8 Å². The van der Waals surface area contributed by atoms with E-state index in [2.05, 4.69) is 39.0 Å². The molecular weight excluding hydrogens is 432 g/mol. The van der Waals surface area contributed by atoms with Crippen LogP contribution in [0.1, 0.15) is 56.6 Å². The number of non-ortho nitro benzene ring substituents is 1. The van der Waals surface area contributed by atoms with Gasteiger partial charge in [-0.2, -0.15) is 5.10 Å². The van der Waals surface area contributed by atoms with Gasteiger partial charge in [-0.25, -0.2) is 9.67 Å². The van der Waals surface area contributed by atoms with Crippen molar-refractivity contribution in [1.82, 2.24) is 4.68 Å². The van der Waals surface area contributed by atoms with E-state index in [-0.39, 0.29) is 10.6 Å². The second kappa shape index (κ2) is 10.3. The van der Waals surface area contributed by atoms with Crippen molar-refractivity contribution < 1.29 is 4.92 Å². The largest absolute Gasteiger partial charge is 0.269 e. The molecule has 1 heterocycles. The first-order valence-corrected chi connectivity index (χ1v) is 12.5. The quantitative estimate of drug-likeness (QED) is 0.288. The first kappa shape index (κ1) is 23.1. The summed E-state index contributed by atoms with van der Waals surface area (Å²) in [4.78, 5) is 16.5. The molecule has 0 amide bonds. The standard InChI is InChI=1S/C26H30N4O2S/c1-4-5-20-8-12-22(13-9-20)28-29-25(21-10-14-23(15-11-21)30(31)32)17-33-26(29)27-24-16-18(2)6-7-19(24)3/h6-7,10-11,14-17,20H,4-5,8-9,12-13H2,1-3H3. The predicted octanol–water partition coefficient (Wildman–Crippen LogP) is 7.17. The number of nitro benzene ring substituents is 1. The van der Waals surface area contributed by atoms with Crippen LogP contribution in [0.5, 0.6) is 0 Å². The Kier molecular flexibility index (Phi) is 7.18. The zero-order valence-electron chi connectivity index (χ0n) is 19.5. The van der Waals surface area contributed by atoms with Crippen molar-refractivity contribution in [3.8, 4) is 11.3 Å². The summed E-state index contributed by atoms with van der Waals surface area (Å²) in [5, 5.41) is 18.2. The Balaban J connectivity index is 1.78. The van der Waals surface area contributed by atoms with Gasteiger partial charge in [-0.3, -0.25) is 10.1 Å². The van der Waals surface area contributed by atoms with E-state index in [9.17, 15) is 10.1 Å². The van der Waals surface area contributed by atoms with Crippen molar-refractivity contribution in [2.45, 2.75) is 59.3 Å². The van der Waals surface area contributed by atoms with Crippen LogP contribution in [-0.4, -0.2) is 15.3 Å². The highest BCUT2D eigenvalue weighted by molar-refractivity contribution is 7.07. The van der Waals surface area contributed by atoms with E-state index < -0.39 is 0 Å². The molecule has 2 aromatic carbocycles. The highest BCUT2D eigenvalue weighted by atomic mass is 32.1. The first-order valence-electron chi connectivity index (χ1n) is 11.6. The molecule has 33 heavy (non-hydrogen) atoms. The molecule has 0 spiro atoms. The number of hydrogen-bond acceptors (Lipinski definition) is 5. The van der Waals surface area contributed by atoms with Gasteiger partial charge in [0.2, 0.25) is 4.80 Å². The number of nitro groups is 1. The van der Waals surface area contributed by atoms with Gasteiger partial charge in [0.1, 0.15) is 0 Å². The Morgan fingerprint density at radius 2 is 1.85 bits per heavy atom. The van der Waals surface area contributed by atoms with Gasteiger partial charge in [-0.1, -0.05) is 31.9 Å². The molecule has 1 fully saturated rings. The van der Waals surface area contributed by atoms with Crippen LogP contribution >= 0.6 is 11.3 Å². The van der Waals surface area contributed by atoms with Gasteiger partial charge < -0.3 is 0 Å². The van der Waals surface area contributed by atoms with Crippen LogP contribution in [0.3, 0.4) is 0 Å². The third kappa shape index (κ3) is 5.47. The van der Waals surface area contributed by atoms with Gasteiger partial charge in [0.05, 0.1) is 16.3 Å². The van der Waals surface area contributed by atoms with E-state index in [0.717, 1.165) is 46.1 Å². The molecule has 0 atom stereocenters. The van der Waals surface area contributed by atoms with Crippen molar-refractivity contribution >= 4 is 28.4 Å².